The van der Waals surface area contributed by atoms with Gasteiger partial charge in [0, 0.05) is 6.04 Å². The Kier molecular flexibility index (Phi) is 10.9. The summed E-state index contributed by atoms with van der Waals surface area (Å²) in [7, 11) is 0. The van der Waals surface area contributed by atoms with Gasteiger partial charge in [-0.15, -0.1) is 0 Å². The molecule has 228 valence electrons. The van der Waals surface area contributed by atoms with E-state index in [4.69, 9.17) is 5.73 Å². The molecule has 5 heteroatoms. The van der Waals surface area contributed by atoms with Crippen LogP contribution in [0.4, 0.5) is 0 Å². The van der Waals surface area contributed by atoms with Crippen molar-refractivity contribution in [1.29, 1.82) is 0 Å². The van der Waals surface area contributed by atoms with E-state index in [1.807, 2.05) is 13.8 Å². The molecule has 0 spiro atoms. The van der Waals surface area contributed by atoms with E-state index < -0.39 is 5.60 Å². The molecule has 0 aliphatic heterocycles. The van der Waals surface area contributed by atoms with Gasteiger partial charge >= 0.3 is 0 Å². The van der Waals surface area contributed by atoms with Gasteiger partial charge < -0.3 is 26.6 Å². The minimum absolute atomic E-state index is 0.113. The molecular weight excluding hydrogens is 482 g/mol. The predicted octanol–water partition coefficient (Wildman–Crippen LogP) is 5.87. The fraction of sp³-hybridized carbons (Fsp3) is 1.00. The van der Waals surface area contributed by atoms with E-state index >= 15 is 0 Å². The smallest absolute Gasteiger partial charge is 0.0591 e. The highest BCUT2D eigenvalue weighted by molar-refractivity contribution is 5.12. The van der Waals surface area contributed by atoms with Gasteiger partial charge in [-0.1, -0.05) is 33.6 Å². The minimum atomic E-state index is -0.547. The van der Waals surface area contributed by atoms with Crippen LogP contribution in [0.15, 0.2) is 0 Å². The van der Waals surface area contributed by atoms with Crippen molar-refractivity contribution < 1.29 is 10.2 Å². The van der Waals surface area contributed by atoms with Gasteiger partial charge in [0.2, 0.25) is 0 Å². The molecule has 0 aromatic carbocycles. The maximum atomic E-state index is 11.7. The summed E-state index contributed by atoms with van der Waals surface area (Å²) in [6, 6.07) is 0.624. The van der Waals surface area contributed by atoms with Crippen LogP contribution in [0.25, 0.3) is 0 Å². The number of hydrogen-bond acceptors (Lipinski definition) is 5. The predicted molar refractivity (Wildman–Crippen MR) is 163 cm³/mol. The van der Waals surface area contributed by atoms with Crippen LogP contribution >= 0.6 is 0 Å². The molecule has 4 aliphatic rings. The lowest BCUT2D eigenvalue weighted by Gasteiger charge is -2.62. The average Bonchev–Trinajstić information content (AvgIpc) is 3.22. The summed E-state index contributed by atoms with van der Waals surface area (Å²) in [4.78, 5) is 0. The molecule has 4 saturated carbocycles. The van der Waals surface area contributed by atoms with Crippen LogP contribution in [0, 0.1) is 46.3 Å². The second-order valence-corrected chi connectivity index (χ2v) is 15.7. The molecule has 6 N–H and O–H groups in total. The highest BCUT2D eigenvalue weighted by Gasteiger charge is 2.62. The zero-order chi connectivity index (χ0) is 28.3. The number of rotatable bonds is 14. The van der Waals surface area contributed by atoms with E-state index in [-0.39, 0.29) is 6.10 Å². The number of hydrogen-bond donors (Lipinski definition) is 5. The van der Waals surface area contributed by atoms with Crippen molar-refractivity contribution in [2.75, 3.05) is 26.2 Å². The van der Waals surface area contributed by atoms with E-state index in [2.05, 4.69) is 31.4 Å². The molecule has 39 heavy (non-hydrogen) atoms. The Morgan fingerprint density at radius 3 is 2.36 bits per heavy atom. The zero-order valence-corrected chi connectivity index (χ0v) is 26.3. The number of aliphatic hydroxyl groups excluding tert-OH is 1. The minimum Gasteiger partial charge on any atom is -0.393 e. The van der Waals surface area contributed by atoms with Crippen LogP contribution < -0.4 is 16.4 Å². The molecule has 4 rings (SSSR count). The van der Waals surface area contributed by atoms with Gasteiger partial charge in [-0.05, 0) is 163 Å². The van der Waals surface area contributed by atoms with Crippen LogP contribution in [0.2, 0.25) is 0 Å². The summed E-state index contributed by atoms with van der Waals surface area (Å²) < 4.78 is 0. The Morgan fingerprint density at radius 2 is 1.62 bits per heavy atom. The van der Waals surface area contributed by atoms with Gasteiger partial charge in [-0.3, -0.25) is 0 Å². The quantitative estimate of drug-likeness (QED) is 0.176. The van der Waals surface area contributed by atoms with Crippen molar-refractivity contribution in [3.05, 3.63) is 0 Å². The van der Waals surface area contributed by atoms with Crippen molar-refractivity contribution in [3.63, 3.8) is 0 Å². The summed E-state index contributed by atoms with van der Waals surface area (Å²) in [6.45, 7) is 15.7. The Morgan fingerprint density at radius 1 is 0.897 bits per heavy atom. The van der Waals surface area contributed by atoms with E-state index in [0.717, 1.165) is 57.8 Å². The van der Waals surface area contributed by atoms with Crippen LogP contribution in [0.5, 0.6) is 0 Å². The Hall–Kier alpha value is -0.200. The van der Waals surface area contributed by atoms with Crippen LogP contribution in [-0.2, 0) is 0 Å². The number of nitrogens with one attached hydrogen (secondary N) is 2. The number of fused-ring (bicyclic) bond motifs is 5. The largest absolute Gasteiger partial charge is 0.393 e. The lowest BCUT2D eigenvalue weighted by molar-refractivity contribution is -0.167. The third kappa shape index (κ3) is 7.24. The van der Waals surface area contributed by atoms with Crippen molar-refractivity contribution in [1.82, 2.24) is 10.6 Å². The highest BCUT2D eigenvalue weighted by atomic mass is 16.3. The molecule has 10 atom stereocenters. The van der Waals surface area contributed by atoms with Gasteiger partial charge in [0.1, 0.15) is 0 Å². The molecule has 0 radical (unpaired) electrons. The van der Waals surface area contributed by atoms with E-state index in [1.165, 1.54) is 64.2 Å². The fourth-order valence-electron chi connectivity index (χ4n) is 10.5. The number of unbranched alkanes of at least 4 members (excludes halogenated alkanes) is 1. The summed E-state index contributed by atoms with van der Waals surface area (Å²) in [5.41, 5.74) is 5.83. The van der Waals surface area contributed by atoms with E-state index in [1.54, 1.807) is 0 Å². The topological polar surface area (TPSA) is 90.5 Å². The number of aliphatic hydroxyl groups is 2. The van der Waals surface area contributed by atoms with Crippen LogP contribution in [-0.4, -0.2) is 54.1 Å². The maximum absolute atomic E-state index is 11.7. The lowest BCUT2D eigenvalue weighted by Crippen LogP contribution is -2.59. The lowest BCUT2D eigenvalue weighted by atomic mass is 9.43. The standard InChI is InChI=1S/C34H65N3O2/c1-24(10-8-15-32(2,3)39)27-11-12-28-31-29(14-17-34(27,28)5)33(4)16-13-26(22-25(33)23-30(31)38)37-21-9-20-36-19-7-6-18-35/h24-31,36-39H,6-23,35H2,1-5H3/t24-,25-,26+,27-,28+,29+,30-,31+,33+,34-/m1/s1. The molecule has 0 bridgehead atoms. The first kappa shape index (κ1) is 31.7. The number of nitrogens with two attached hydrogens (primary N) is 1. The highest BCUT2D eigenvalue weighted by Crippen LogP contribution is 2.68. The molecule has 0 amide bonds. The third-order valence-electron chi connectivity index (χ3n) is 12.7. The van der Waals surface area contributed by atoms with Crippen molar-refractivity contribution in [2.24, 2.45) is 52.1 Å². The summed E-state index contributed by atoms with van der Waals surface area (Å²) >= 11 is 0. The molecule has 4 aliphatic carbocycles. The first-order chi connectivity index (χ1) is 18.5. The van der Waals surface area contributed by atoms with Gasteiger partial charge in [-0.25, -0.2) is 0 Å². The van der Waals surface area contributed by atoms with Gasteiger partial charge in [0.15, 0.2) is 0 Å². The first-order valence-corrected chi connectivity index (χ1v) is 17.0. The van der Waals surface area contributed by atoms with Crippen molar-refractivity contribution in [3.8, 4) is 0 Å². The summed E-state index contributed by atoms with van der Waals surface area (Å²) in [5, 5.41) is 29.4. The summed E-state index contributed by atoms with van der Waals surface area (Å²) in [6.07, 6.45) is 16.9. The first-order valence-electron chi connectivity index (χ1n) is 17.0. The monoisotopic (exact) mass is 548 g/mol. The second-order valence-electron chi connectivity index (χ2n) is 15.7. The van der Waals surface area contributed by atoms with Gasteiger partial charge in [-0.2, -0.15) is 0 Å². The Balaban J connectivity index is 1.30. The molecule has 5 nitrogen and oxygen atoms in total. The molecule has 0 unspecified atom stereocenters. The zero-order valence-electron chi connectivity index (χ0n) is 26.3. The second kappa shape index (κ2) is 13.4. The molecular formula is C34H65N3O2. The Bertz CT molecular complexity index is 755. The molecule has 0 aromatic heterocycles. The van der Waals surface area contributed by atoms with Crippen LogP contribution in [0.3, 0.4) is 0 Å². The van der Waals surface area contributed by atoms with Crippen LogP contribution in [0.1, 0.15) is 125 Å². The molecule has 0 aromatic rings. The molecule has 4 fully saturated rings. The molecule has 0 saturated heterocycles. The van der Waals surface area contributed by atoms with Gasteiger partial charge in [0.05, 0.1) is 11.7 Å². The fourth-order valence-corrected chi connectivity index (χ4v) is 10.5. The molecule has 0 heterocycles. The normalized spacial score (nSPS) is 41.1. The summed E-state index contributed by atoms with van der Waals surface area (Å²) in [5.74, 6) is 4.06. The van der Waals surface area contributed by atoms with Crippen molar-refractivity contribution >= 4 is 0 Å². The van der Waals surface area contributed by atoms with E-state index in [9.17, 15) is 10.2 Å². The SMILES string of the molecule is C[C@H](CCCC(C)(C)O)[C@H]1CC[C@H]2[C@@H]3[C@H](O)C[C@H]4C[C@@H](NCCCNCCCCN)CC[C@]4(C)[C@H]3CC[C@]12C. The van der Waals surface area contributed by atoms with E-state index in [0.29, 0.717) is 46.5 Å². The third-order valence-corrected chi connectivity index (χ3v) is 12.7. The maximum Gasteiger partial charge on any atom is 0.0591 e. The Labute approximate surface area is 241 Å². The average molecular weight is 548 g/mol. The van der Waals surface area contributed by atoms with Crippen molar-refractivity contribution in [2.45, 2.75) is 142 Å². The van der Waals surface area contributed by atoms with Gasteiger partial charge in [0.25, 0.3) is 0 Å².